The van der Waals surface area contributed by atoms with Crippen LogP contribution in [0.2, 0.25) is 0 Å². The third-order valence-corrected chi connectivity index (χ3v) is 8.48. The van der Waals surface area contributed by atoms with Crippen LogP contribution in [-0.2, 0) is 6.42 Å². The number of hydrogen-bond acceptors (Lipinski definition) is 3. The fourth-order valence-electron chi connectivity index (χ4n) is 6.28. The number of carbonyl (C=O) groups excluding carboxylic acids is 1. The Morgan fingerprint density at radius 1 is 1.10 bits per heavy atom. The summed E-state index contributed by atoms with van der Waals surface area (Å²) in [4.78, 5) is 13.2. The first-order valence-electron chi connectivity index (χ1n) is 13.2. The van der Waals surface area contributed by atoms with E-state index < -0.39 is 17.5 Å². The van der Waals surface area contributed by atoms with E-state index >= 15 is 0 Å². The number of phenolic OH excluding ortho intramolecular Hbond substituents is 1. The topological polar surface area (TPSA) is 67.2 Å². The Kier molecular flexibility index (Phi) is 6.29. The molecule has 0 saturated heterocycles. The van der Waals surface area contributed by atoms with Gasteiger partial charge in [0.2, 0.25) is 0 Å². The number of benzene rings is 3. The molecule has 1 saturated carbocycles. The maximum absolute atomic E-state index is 14.0. The van der Waals surface area contributed by atoms with Crippen LogP contribution in [0.15, 0.2) is 84.6 Å². The molecular weight excluding hydrogens is 496 g/mol. The number of halogens is 2. The number of nitrogens with zero attached hydrogens (tertiary/aromatic N) is 2. The molecule has 0 aliphatic heterocycles. The van der Waals surface area contributed by atoms with E-state index in [0.29, 0.717) is 6.42 Å². The van der Waals surface area contributed by atoms with Gasteiger partial charge in [-0.3, -0.25) is 4.79 Å². The number of nitrogens with one attached hydrogen (secondary N) is 1. The van der Waals surface area contributed by atoms with Crippen molar-refractivity contribution < 1.29 is 18.7 Å². The summed E-state index contributed by atoms with van der Waals surface area (Å²) in [6, 6.07) is 19.8. The molecule has 4 aromatic rings. The molecule has 2 N–H and O–H groups in total. The third-order valence-electron chi connectivity index (χ3n) is 8.48. The minimum atomic E-state index is -0.823. The van der Waals surface area contributed by atoms with Crippen LogP contribution in [0.5, 0.6) is 5.75 Å². The average molecular weight is 526 g/mol. The van der Waals surface area contributed by atoms with Crippen molar-refractivity contribution in [2.24, 2.45) is 11.3 Å². The van der Waals surface area contributed by atoms with E-state index in [-0.39, 0.29) is 28.8 Å². The van der Waals surface area contributed by atoms with Gasteiger partial charge in [-0.05, 0) is 90.6 Å². The Bertz CT molecular complexity index is 1560. The lowest BCUT2D eigenvalue weighted by atomic mass is 9.68. The highest BCUT2D eigenvalue weighted by Crippen LogP contribution is 2.55. The lowest BCUT2D eigenvalue weighted by molar-refractivity contribution is 0.0920. The molecule has 7 heteroatoms. The van der Waals surface area contributed by atoms with E-state index in [9.17, 15) is 18.7 Å². The summed E-state index contributed by atoms with van der Waals surface area (Å²) in [5.41, 5.74) is 5.12. The molecule has 0 spiro atoms. The standard InChI is InChI=1S/C32H29F2N3O2/c1-32-18-21-19-35-37(25-14-12-24(33)13-15-25)29(21)17-23(32)11-10-22(32)16-28(20-6-3-2-4-7-20)36-31(39)26-8-5-9-27(34)30(26)38/h2-9,12-15,17,19,22,28,38H,10-11,16,18H2,1H3,(H,36,39)/t22-,28?,32-/m1/s1. The minimum Gasteiger partial charge on any atom is -0.504 e. The monoisotopic (exact) mass is 525 g/mol. The highest BCUT2D eigenvalue weighted by atomic mass is 19.1. The number of para-hydroxylation sites is 1. The highest BCUT2D eigenvalue weighted by Gasteiger charge is 2.46. The minimum absolute atomic E-state index is 0.0790. The predicted octanol–water partition coefficient (Wildman–Crippen LogP) is 6.77. The fraction of sp³-hybridized carbons (Fsp3) is 0.250. The van der Waals surface area contributed by atoms with Crippen LogP contribution in [0.4, 0.5) is 8.78 Å². The van der Waals surface area contributed by atoms with Crippen LogP contribution in [0, 0.1) is 23.0 Å². The van der Waals surface area contributed by atoms with Crippen LogP contribution in [0.3, 0.4) is 0 Å². The first-order chi connectivity index (χ1) is 18.8. The van der Waals surface area contributed by atoms with Gasteiger partial charge in [0.05, 0.1) is 29.2 Å². The maximum atomic E-state index is 14.0. The summed E-state index contributed by atoms with van der Waals surface area (Å²) < 4.78 is 29.3. The number of aromatic nitrogens is 2. The van der Waals surface area contributed by atoms with Crippen LogP contribution >= 0.6 is 0 Å². The largest absolute Gasteiger partial charge is 0.504 e. The maximum Gasteiger partial charge on any atom is 0.255 e. The van der Waals surface area contributed by atoms with Gasteiger partial charge in [-0.15, -0.1) is 0 Å². The Morgan fingerprint density at radius 2 is 1.87 bits per heavy atom. The molecule has 198 valence electrons. The zero-order chi connectivity index (χ0) is 27.1. The fourth-order valence-corrected chi connectivity index (χ4v) is 6.28. The Labute approximate surface area is 225 Å². The second kappa shape index (κ2) is 9.80. The Hall–Kier alpha value is -4.26. The van der Waals surface area contributed by atoms with E-state index in [2.05, 4.69) is 23.4 Å². The van der Waals surface area contributed by atoms with Gasteiger partial charge < -0.3 is 10.4 Å². The van der Waals surface area contributed by atoms with Crippen molar-refractivity contribution >= 4 is 12.0 Å². The molecule has 3 atom stereocenters. The second-order valence-corrected chi connectivity index (χ2v) is 10.8. The highest BCUT2D eigenvalue weighted by molar-refractivity contribution is 5.97. The Balaban J connectivity index is 1.28. The number of carbonyl (C=O) groups is 1. The van der Waals surface area contributed by atoms with Gasteiger partial charge in [0, 0.05) is 0 Å². The first-order valence-corrected chi connectivity index (χ1v) is 13.2. The number of rotatable bonds is 6. The number of fused-ring (bicyclic) bond motifs is 2. The average Bonchev–Trinajstić information content (AvgIpc) is 3.48. The van der Waals surface area contributed by atoms with Crippen molar-refractivity contribution in [3.8, 4) is 11.4 Å². The van der Waals surface area contributed by atoms with Gasteiger partial charge in [0.25, 0.3) is 5.91 Å². The molecule has 6 rings (SSSR count). The van der Waals surface area contributed by atoms with Gasteiger partial charge >= 0.3 is 0 Å². The summed E-state index contributed by atoms with van der Waals surface area (Å²) in [5, 5.41) is 17.8. The van der Waals surface area contributed by atoms with Crippen molar-refractivity contribution in [2.75, 3.05) is 0 Å². The third kappa shape index (κ3) is 4.52. The number of amides is 1. The molecular formula is C32H29F2N3O2. The molecule has 0 bridgehead atoms. The molecule has 5 nitrogen and oxygen atoms in total. The molecule has 2 aliphatic rings. The van der Waals surface area contributed by atoms with Gasteiger partial charge in [0.15, 0.2) is 11.6 Å². The van der Waals surface area contributed by atoms with Crippen LogP contribution in [0.1, 0.15) is 59.4 Å². The normalized spacial score (nSPS) is 20.6. The molecule has 1 amide bonds. The van der Waals surface area contributed by atoms with E-state index in [1.54, 1.807) is 12.1 Å². The quantitative estimate of drug-likeness (QED) is 0.292. The second-order valence-electron chi connectivity index (χ2n) is 10.8. The zero-order valence-corrected chi connectivity index (χ0v) is 21.6. The smallest absolute Gasteiger partial charge is 0.255 e. The van der Waals surface area contributed by atoms with Gasteiger partial charge in [0.1, 0.15) is 5.82 Å². The molecule has 39 heavy (non-hydrogen) atoms. The van der Waals surface area contributed by atoms with E-state index in [4.69, 9.17) is 0 Å². The van der Waals surface area contributed by atoms with Crippen LogP contribution in [0.25, 0.3) is 11.8 Å². The van der Waals surface area contributed by atoms with Crippen molar-refractivity contribution in [3.05, 3.63) is 119 Å². The predicted molar refractivity (Wildman–Crippen MR) is 145 cm³/mol. The molecule has 3 aromatic carbocycles. The summed E-state index contributed by atoms with van der Waals surface area (Å²) >= 11 is 0. The number of aromatic hydroxyl groups is 1. The van der Waals surface area contributed by atoms with Crippen LogP contribution < -0.4 is 5.32 Å². The SMILES string of the molecule is C[C@]12Cc3cnn(-c4ccc(F)cc4)c3C=C1CC[C@@H]2CC(NC(=O)c1cccc(F)c1O)c1ccccc1. The van der Waals surface area contributed by atoms with Gasteiger partial charge in [-0.25, -0.2) is 13.5 Å². The summed E-state index contributed by atoms with van der Waals surface area (Å²) in [6.07, 6.45) is 7.56. The van der Waals surface area contributed by atoms with Gasteiger partial charge in [-0.1, -0.05) is 48.9 Å². The molecule has 0 radical (unpaired) electrons. The summed E-state index contributed by atoms with van der Waals surface area (Å²) in [6.45, 7) is 2.29. The summed E-state index contributed by atoms with van der Waals surface area (Å²) in [5.74, 6) is -1.98. The van der Waals surface area contributed by atoms with Crippen molar-refractivity contribution in [2.45, 2.75) is 38.6 Å². The number of allylic oxidation sites excluding steroid dienone is 1. The summed E-state index contributed by atoms with van der Waals surface area (Å²) in [7, 11) is 0. The molecule has 1 heterocycles. The molecule has 1 fully saturated rings. The number of phenols is 1. The molecule has 2 aliphatic carbocycles. The van der Waals surface area contributed by atoms with Crippen molar-refractivity contribution in [1.29, 1.82) is 0 Å². The zero-order valence-electron chi connectivity index (χ0n) is 21.6. The van der Waals surface area contributed by atoms with Crippen molar-refractivity contribution in [1.82, 2.24) is 15.1 Å². The van der Waals surface area contributed by atoms with E-state index in [1.807, 2.05) is 41.2 Å². The lowest BCUT2D eigenvalue weighted by Crippen LogP contribution is -2.35. The molecule has 1 aromatic heterocycles. The van der Waals surface area contributed by atoms with E-state index in [0.717, 1.165) is 47.8 Å². The van der Waals surface area contributed by atoms with Gasteiger partial charge in [-0.2, -0.15) is 5.10 Å². The van der Waals surface area contributed by atoms with Crippen molar-refractivity contribution in [3.63, 3.8) is 0 Å². The van der Waals surface area contributed by atoms with E-state index in [1.165, 1.54) is 29.8 Å². The molecule has 1 unspecified atom stereocenters. The van der Waals surface area contributed by atoms with Crippen LogP contribution in [-0.4, -0.2) is 20.8 Å². The first kappa shape index (κ1) is 25.0. The number of hydrogen-bond donors (Lipinski definition) is 2. The Morgan fingerprint density at radius 3 is 2.64 bits per heavy atom. The lowest BCUT2D eigenvalue weighted by Gasteiger charge is -2.37.